The molecule has 0 bridgehead atoms. The largest absolute Gasteiger partial charge is 0.460 e. The van der Waals surface area contributed by atoms with E-state index in [0.29, 0.717) is 6.61 Å². The minimum Gasteiger partial charge on any atom is -0.460 e. The third-order valence-electron chi connectivity index (χ3n) is 1.08. The van der Waals surface area contributed by atoms with Crippen LogP contribution in [0.25, 0.3) is 0 Å². The van der Waals surface area contributed by atoms with E-state index in [0.717, 1.165) is 6.42 Å². The number of nitrogens with zero attached hydrogens (tertiary/aromatic N) is 1. The Morgan fingerprint density at radius 1 is 1.82 bits per heavy atom. The van der Waals surface area contributed by atoms with Gasteiger partial charge in [-0.2, -0.15) is 0 Å². The number of aromatic nitrogens is 1. The van der Waals surface area contributed by atoms with Gasteiger partial charge in [0.1, 0.15) is 0 Å². The van der Waals surface area contributed by atoms with Gasteiger partial charge in [-0.25, -0.2) is 4.79 Å². The number of hydrogen-bond donors (Lipinski definition) is 0. The van der Waals surface area contributed by atoms with Crippen molar-refractivity contribution in [3.8, 4) is 0 Å². The van der Waals surface area contributed by atoms with E-state index in [9.17, 15) is 4.79 Å². The van der Waals surface area contributed by atoms with Crippen LogP contribution in [0.4, 0.5) is 0 Å². The molecule has 1 heterocycles. The van der Waals surface area contributed by atoms with E-state index in [1.165, 1.54) is 12.3 Å². The van der Waals surface area contributed by atoms with E-state index < -0.39 is 5.97 Å². The lowest BCUT2D eigenvalue weighted by Crippen LogP contribution is -2.04. The van der Waals surface area contributed by atoms with Crippen molar-refractivity contribution in [1.29, 1.82) is 0 Å². The van der Waals surface area contributed by atoms with Crippen molar-refractivity contribution in [3.05, 3.63) is 18.0 Å². The van der Waals surface area contributed by atoms with Crippen LogP contribution in [0.1, 0.15) is 23.9 Å². The molecular formula is C7H9NO3. The highest BCUT2D eigenvalue weighted by Crippen LogP contribution is 1.99. The van der Waals surface area contributed by atoms with Gasteiger partial charge in [0.25, 0.3) is 0 Å². The Labute approximate surface area is 64.1 Å². The summed E-state index contributed by atoms with van der Waals surface area (Å²) in [6, 6.07) is 1.47. The molecule has 0 spiro atoms. The van der Waals surface area contributed by atoms with E-state index in [4.69, 9.17) is 4.74 Å². The third-order valence-corrected chi connectivity index (χ3v) is 1.08. The number of esters is 1. The molecule has 0 aliphatic heterocycles. The molecule has 1 rings (SSSR count). The van der Waals surface area contributed by atoms with Crippen LogP contribution in [0.3, 0.4) is 0 Å². The molecule has 0 fully saturated rings. The fourth-order valence-corrected chi connectivity index (χ4v) is 0.587. The van der Waals surface area contributed by atoms with Gasteiger partial charge in [-0.15, -0.1) is 0 Å². The Bertz CT molecular complexity index is 218. The molecule has 4 nitrogen and oxygen atoms in total. The number of carbonyl (C=O) groups excluding carboxylic acids is 1. The first-order valence-electron chi connectivity index (χ1n) is 3.42. The number of hydrogen-bond acceptors (Lipinski definition) is 4. The van der Waals surface area contributed by atoms with E-state index >= 15 is 0 Å². The van der Waals surface area contributed by atoms with Crippen molar-refractivity contribution in [2.45, 2.75) is 13.3 Å². The van der Waals surface area contributed by atoms with Gasteiger partial charge in [-0.3, -0.25) is 0 Å². The second-order valence-corrected chi connectivity index (χ2v) is 2.01. The van der Waals surface area contributed by atoms with Crippen LogP contribution in [0.5, 0.6) is 0 Å². The summed E-state index contributed by atoms with van der Waals surface area (Å²) in [4.78, 5) is 10.9. The van der Waals surface area contributed by atoms with Gasteiger partial charge in [-0.1, -0.05) is 12.1 Å². The maximum Gasteiger partial charge on any atom is 0.377 e. The molecule has 11 heavy (non-hydrogen) atoms. The molecule has 60 valence electrons. The predicted octanol–water partition coefficient (Wildman–Crippen LogP) is 1.24. The number of rotatable bonds is 3. The van der Waals surface area contributed by atoms with Crippen LogP contribution in [0, 0.1) is 0 Å². The van der Waals surface area contributed by atoms with Gasteiger partial charge in [0.2, 0.25) is 5.76 Å². The Kier molecular flexibility index (Phi) is 2.66. The molecule has 0 aliphatic carbocycles. The lowest BCUT2D eigenvalue weighted by atomic mass is 10.4. The molecule has 0 aliphatic rings. The molecule has 4 heteroatoms. The van der Waals surface area contributed by atoms with Crippen molar-refractivity contribution in [1.82, 2.24) is 5.16 Å². The zero-order chi connectivity index (χ0) is 8.10. The van der Waals surface area contributed by atoms with Gasteiger partial charge in [0.15, 0.2) is 0 Å². The lowest BCUT2D eigenvalue weighted by Gasteiger charge is -1.96. The lowest BCUT2D eigenvalue weighted by molar-refractivity contribution is 0.0458. The van der Waals surface area contributed by atoms with Gasteiger partial charge in [0, 0.05) is 6.07 Å². The molecule has 0 amide bonds. The van der Waals surface area contributed by atoms with Crippen LogP contribution in [-0.4, -0.2) is 17.7 Å². The highest BCUT2D eigenvalue weighted by molar-refractivity contribution is 5.85. The van der Waals surface area contributed by atoms with Crippen molar-refractivity contribution in [2.24, 2.45) is 0 Å². The normalized spacial score (nSPS) is 9.55. The summed E-state index contributed by atoms with van der Waals surface area (Å²) >= 11 is 0. The van der Waals surface area contributed by atoms with Crippen LogP contribution >= 0.6 is 0 Å². The maximum absolute atomic E-state index is 10.9. The summed E-state index contributed by atoms with van der Waals surface area (Å²) in [7, 11) is 0. The average Bonchev–Trinajstić information content (AvgIpc) is 2.52. The Morgan fingerprint density at radius 2 is 2.64 bits per heavy atom. The summed E-state index contributed by atoms with van der Waals surface area (Å²) in [6.45, 7) is 2.34. The molecule has 1 aromatic heterocycles. The number of carbonyl (C=O) groups is 1. The number of ether oxygens (including phenoxy) is 1. The second kappa shape index (κ2) is 3.75. The van der Waals surface area contributed by atoms with E-state index in [1.807, 2.05) is 6.92 Å². The summed E-state index contributed by atoms with van der Waals surface area (Å²) in [5.74, 6) is -0.303. The maximum atomic E-state index is 10.9. The van der Waals surface area contributed by atoms with Crippen LogP contribution in [0.15, 0.2) is 16.8 Å². The molecule has 0 saturated carbocycles. The molecule has 0 radical (unpaired) electrons. The Hall–Kier alpha value is -1.32. The van der Waals surface area contributed by atoms with E-state index in [2.05, 4.69) is 9.68 Å². The van der Waals surface area contributed by atoms with Crippen molar-refractivity contribution in [3.63, 3.8) is 0 Å². The summed E-state index contributed by atoms with van der Waals surface area (Å²) < 4.78 is 9.33. The third kappa shape index (κ3) is 2.07. The quantitative estimate of drug-likeness (QED) is 0.616. The molecule has 0 N–H and O–H groups in total. The molecule has 1 aromatic rings. The highest BCUT2D eigenvalue weighted by atomic mass is 16.6. The fourth-order valence-electron chi connectivity index (χ4n) is 0.587. The van der Waals surface area contributed by atoms with Crippen LogP contribution in [0.2, 0.25) is 0 Å². The van der Waals surface area contributed by atoms with E-state index in [-0.39, 0.29) is 5.76 Å². The zero-order valence-corrected chi connectivity index (χ0v) is 6.24. The molecule has 0 unspecified atom stereocenters. The molecule has 0 atom stereocenters. The van der Waals surface area contributed by atoms with Crippen LogP contribution in [-0.2, 0) is 4.74 Å². The van der Waals surface area contributed by atoms with Gasteiger partial charge < -0.3 is 9.26 Å². The van der Waals surface area contributed by atoms with Crippen molar-refractivity contribution >= 4 is 5.97 Å². The Balaban J connectivity index is 2.43. The summed E-state index contributed by atoms with van der Waals surface area (Å²) in [5.41, 5.74) is 0. The first kappa shape index (κ1) is 7.78. The van der Waals surface area contributed by atoms with Gasteiger partial charge in [0.05, 0.1) is 12.8 Å². The van der Waals surface area contributed by atoms with Gasteiger partial charge >= 0.3 is 5.97 Å². The van der Waals surface area contributed by atoms with Crippen molar-refractivity contribution in [2.75, 3.05) is 6.61 Å². The summed E-state index contributed by atoms with van der Waals surface area (Å²) in [6.07, 6.45) is 2.21. The molecule has 0 aromatic carbocycles. The monoisotopic (exact) mass is 155 g/mol. The average molecular weight is 155 g/mol. The fraction of sp³-hybridized carbons (Fsp3) is 0.429. The first-order chi connectivity index (χ1) is 5.34. The second-order valence-electron chi connectivity index (χ2n) is 2.01. The smallest absolute Gasteiger partial charge is 0.377 e. The summed E-state index contributed by atoms with van der Waals surface area (Å²) in [5, 5.41) is 3.38. The standard InChI is InChI=1S/C7H9NO3/c1-2-5-10-7(9)6-3-4-8-11-6/h3-4H,2,5H2,1H3. The van der Waals surface area contributed by atoms with Gasteiger partial charge in [-0.05, 0) is 6.42 Å². The topological polar surface area (TPSA) is 52.3 Å². The minimum absolute atomic E-state index is 0.151. The SMILES string of the molecule is CCCOC(=O)c1ccno1. The highest BCUT2D eigenvalue weighted by Gasteiger charge is 2.09. The minimum atomic E-state index is -0.454. The Morgan fingerprint density at radius 3 is 3.18 bits per heavy atom. The predicted molar refractivity (Wildman–Crippen MR) is 37.1 cm³/mol. The van der Waals surface area contributed by atoms with E-state index in [1.54, 1.807) is 0 Å². The molecular weight excluding hydrogens is 146 g/mol. The first-order valence-corrected chi connectivity index (χ1v) is 3.42. The van der Waals surface area contributed by atoms with Crippen molar-refractivity contribution < 1.29 is 14.1 Å². The van der Waals surface area contributed by atoms with Crippen LogP contribution < -0.4 is 0 Å². The molecule has 0 saturated heterocycles. The zero-order valence-electron chi connectivity index (χ0n) is 6.24.